The van der Waals surface area contributed by atoms with E-state index < -0.39 is 4.25 Å². The van der Waals surface area contributed by atoms with Gasteiger partial charge in [-0.1, -0.05) is 0 Å². The zero-order chi connectivity index (χ0) is 13.3. The second kappa shape index (κ2) is 5.68. The molecule has 0 aromatic heterocycles. The average Bonchev–Trinajstić information content (AvgIpc) is 2.41. The standard InChI is InChI=1S/C15H28IOP/c1-13(17)18(2,16,14-9-5-3-6-10-14)15-11-7-4-8-12-15/h14-15H,3-12H2,1-2H3. The van der Waals surface area contributed by atoms with E-state index in [9.17, 15) is 4.79 Å². The van der Waals surface area contributed by atoms with Gasteiger partial charge in [-0.25, -0.2) is 0 Å². The molecule has 0 N–H and O–H groups in total. The SMILES string of the molecule is CC(=O)P(C)(I)(C1CCCCC1)C1CCCCC1. The van der Waals surface area contributed by atoms with Gasteiger partial charge in [-0.2, -0.15) is 0 Å². The van der Waals surface area contributed by atoms with E-state index in [0.717, 1.165) is 11.3 Å². The van der Waals surface area contributed by atoms with Crippen molar-refractivity contribution in [2.75, 3.05) is 6.66 Å². The van der Waals surface area contributed by atoms with E-state index in [1.54, 1.807) is 0 Å². The van der Waals surface area contributed by atoms with Gasteiger partial charge in [0.1, 0.15) is 0 Å². The Morgan fingerprint density at radius 1 is 0.889 bits per heavy atom. The molecule has 0 unspecified atom stereocenters. The molecule has 3 heteroatoms. The monoisotopic (exact) mass is 382 g/mol. The van der Waals surface area contributed by atoms with Crippen LogP contribution in [0.5, 0.6) is 0 Å². The predicted octanol–water partition coefficient (Wildman–Crippen LogP) is 5.73. The molecular formula is C15H28IOP. The van der Waals surface area contributed by atoms with Crippen molar-refractivity contribution in [3.05, 3.63) is 0 Å². The van der Waals surface area contributed by atoms with Crippen molar-refractivity contribution in [3.63, 3.8) is 0 Å². The topological polar surface area (TPSA) is 17.1 Å². The Bertz CT molecular complexity index is 292. The van der Waals surface area contributed by atoms with Gasteiger partial charge in [-0.3, -0.25) is 0 Å². The normalized spacial score (nSPS) is 26.5. The average molecular weight is 382 g/mol. The molecule has 2 saturated carbocycles. The molecule has 2 aliphatic rings. The third kappa shape index (κ3) is 2.53. The van der Waals surface area contributed by atoms with E-state index in [-0.39, 0.29) is 0 Å². The van der Waals surface area contributed by atoms with Gasteiger partial charge in [0.15, 0.2) is 0 Å². The van der Waals surface area contributed by atoms with Crippen LogP contribution in [0.4, 0.5) is 0 Å². The molecule has 0 atom stereocenters. The fourth-order valence-electron chi connectivity index (χ4n) is 4.24. The molecule has 0 heterocycles. The minimum atomic E-state index is -2.18. The van der Waals surface area contributed by atoms with E-state index >= 15 is 0 Å². The van der Waals surface area contributed by atoms with Gasteiger partial charge in [0.25, 0.3) is 0 Å². The van der Waals surface area contributed by atoms with Gasteiger partial charge in [0.2, 0.25) is 0 Å². The summed E-state index contributed by atoms with van der Waals surface area (Å²) in [6.07, 6.45) is 13.5. The molecule has 2 aliphatic carbocycles. The molecule has 1 nitrogen and oxygen atoms in total. The van der Waals surface area contributed by atoms with Crippen LogP contribution in [0.3, 0.4) is 0 Å². The van der Waals surface area contributed by atoms with E-state index in [0.29, 0.717) is 5.52 Å². The Hall–Kier alpha value is 0.830. The van der Waals surface area contributed by atoms with Crippen molar-refractivity contribution in [1.29, 1.82) is 0 Å². The van der Waals surface area contributed by atoms with E-state index in [4.69, 9.17) is 0 Å². The van der Waals surface area contributed by atoms with Crippen LogP contribution in [0.2, 0.25) is 0 Å². The first-order chi connectivity index (χ1) is 8.46. The van der Waals surface area contributed by atoms with Crippen molar-refractivity contribution in [3.8, 4) is 0 Å². The molecule has 0 spiro atoms. The number of hydrogen-bond donors (Lipinski definition) is 0. The zero-order valence-corrected chi connectivity index (χ0v) is 15.0. The molecule has 0 bridgehead atoms. The molecule has 2 fully saturated rings. The summed E-state index contributed by atoms with van der Waals surface area (Å²) < 4.78 is -2.18. The van der Waals surface area contributed by atoms with Crippen LogP contribution in [0, 0.1) is 0 Å². The van der Waals surface area contributed by atoms with Crippen LogP contribution < -0.4 is 0 Å². The third-order valence-electron chi connectivity index (χ3n) is 5.74. The first-order valence-electron chi connectivity index (χ1n) is 7.69. The fraction of sp³-hybridized carbons (Fsp3) is 0.933. The number of hydrogen-bond acceptors (Lipinski definition) is 1. The molecule has 0 aliphatic heterocycles. The summed E-state index contributed by atoms with van der Waals surface area (Å²) in [6.45, 7) is 4.34. The zero-order valence-electron chi connectivity index (χ0n) is 12.0. The summed E-state index contributed by atoms with van der Waals surface area (Å²) in [5.41, 5.74) is 2.05. The molecule has 0 saturated heterocycles. The van der Waals surface area contributed by atoms with E-state index in [2.05, 4.69) is 28.7 Å². The van der Waals surface area contributed by atoms with Crippen LogP contribution in [0.1, 0.15) is 71.1 Å². The summed E-state index contributed by atoms with van der Waals surface area (Å²) in [6, 6.07) is 0. The van der Waals surface area contributed by atoms with Crippen molar-refractivity contribution in [1.82, 2.24) is 0 Å². The van der Waals surface area contributed by atoms with Crippen molar-refractivity contribution in [2.24, 2.45) is 0 Å². The van der Waals surface area contributed by atoms with Gasteiger partial charge in [-0.05, 0) is 0 Å². The maximum absolute atomic E-state index is 12.6. The van der Waals surface area contributed by atoms with Crippen molar-refractivity contribution in [2.45, 2.75) is 82.4 Å². The maximum atomic E-state index is 12.6. The molecule has 0 amide bonds. The van der Waals surface area contributed by atoms with Crippen LogP contribution in [0.15, 0.2) is 0 Å². The summed E-state index contributed by atoms with van der Waals surface area (Å²) in [4.78, 5) is 12.6. The number of carbonyl (C=O) groups is 1. The van der Waals surface area contributed by atoms with Crippen molar-refractivity contribution >= 4 is 31.8 Å². The molecular weight excluding hydrogens is 354 g/mol. The van der Waals surface area contributed by atoms with Gasteiger partial charge < -0.3 is 0 Å². The molecule has 2 rings (SSSR count). The van der Waals surface area contributed by atoms with Crippen LogP contribution >= 0.6 is 26.3 Å². The first-order valence-corrected chi connectivity index (χ1v) is 13.3. The molecule has 0 radical (unpaired) electrons. The van der Waals surface area contributed by atoms with Crippen LogP contribution in [-0.4, -0.2) is 23.5 Å². The Balaban J connectivity index is 2.29. The van der Waals surface area contributed by atoms with Crippen LogP contribution in [0.25, 0.3) is 0 Å². The summed E-state index contributed by atoms with van der Waals surface area (Å²) in [7, 11) is 0. The second-order valence-corrected chi connectivity index (χ2v) is 19.7. The fourth-order valence-corrected chi connectivity index (χ4v) is 12.5. The minimum absolute atomic E-state index is 0.570. The third-order valence-corrected chi connectivity index (χ3v) is 18.7. The molecule has 106 valence electrons. The van der Waals surface area contributed by atoms with Gasteiger partial charge in [-0.15, -0.1) is 0 Å². The Morgan fingerprint density at radius 2 is 1.22 bits per heavy atom. The Morgan fingerprint density at radius 3 is 1.50 bits per heavy atom. The Labute approximate surface area is 125 Å². The number of rotatable bonds is 3. The summed E-state index contributed by atoms with van der Waals surface area (Å²) >= 11 is 2.72. The van der Waals surface area contributed by atoms with Gasteiger partial charge >= 0.3 is 126 Å². The first kappa shape index (κ1) is 15.2. The van der Waals surface area contributed by atoms with E-state index in [1.165, 1.54) is 64.2 Å². The Kier molecular flexibility index (Phi) is 4.80. The number of halogens is 1. The molecule has 18 heavy (non-hydrogen) atoms. The van der Waals surface area contributed by atoms with E-state index in [1.807, 2.05) is 6.92 Å². The second-order valence-electron chi connectivity index (χ2n) is 6.70. The quantitative estimate of drug-likeness (QED) is 0.450. The van der Waals surface area contributed by atoms with Crippen LogP contribution in [-0.2, 0) is 4.79 Å². The predicted molar refractivity (Wildman–Crippen MR) is 91.3 cm³/mol. The van der Waals surface area contributed by atoms with Crippen molar-refractivity contribution < 1.29 is 4.79 Å². The summed E-state index contributed by atoms with van der Waals surface area (Å²) in [5.74, 6) is 0. The summed E-state index contributed by atoms with van der Waals surface area (Å²) in [5, 5.41) is 0. The van der Waals surface area contributed by atoms with Gasteiger partial charge in [0, 0.05) is 0 Å². The molecule has 0 aromatic carbocycles. The molecule has 0 aromatic rings. The van der Waals surface area contributed by atoms with Gasteiger partial charge in [0.05, 0.1) is 0 Å². The number of carbonyl (C=O) groups excluding carboxylic acids is 1.